The molecule has 0 unspecified atom stereocenters. The van der Waals surface area contributed by atoms with Crippen molar-refractivity contribution in [1.29, 1.82) is 0 Å². The van der Waals surface area contributed by atoms with Gasteiger partial charge in [0.05, 0.1) is 89.8 Å². The third-order valence-electron chi connectivity index (χ3n) is 31.3. The maximum atomic E-state index is 14.6. The van der Waals surface area contributed by atoms with Crippen LogP contribution in [0, 0.1) is 105 Å². The molecule has 6 aromatic rings. The molecule has 30 heteroatoms. The Labute approximate surface area is 880 Å². The lowest BCUT2D eigenvalue weighted by Gasteiger charge is -2.35. The number of likely N-dealkylation sites (tertiary alicyclic amines) is 1. The lowest BCUT2D eigenvalue weighted by molar-refractivity contribution is -0.167. The zero-order chi connectivity index (χ0) is 104. The molecule has 17 rings (SSSR count). The van der Waals surface area contributed by atoms with E-state index in [2.05, 4.69) is 29.2 Å². The van der Waals surface area contributed by atoms with Gasteiger partial charge in [-0.15, -0.1) is 6.58 Å². The van der Waals surface area contributed by atoms with E-state index >= 15 is 0 Å². The summed E-state index contributed by atoms with van der Waals surface area (Å²) >= 11 is 18.9. The number of carbonyl (C=O) groups is 9. The second-order valence-electron chi connectivity index (χ2n) is 48.6. The molecule has 4 bridgehead atoms. The number of nitrogens with zero attached hydrogens (tertiary/aromatic N) is 9. The average molecular weight is 2080 g/mol. The van der Waals surface area contributed by atoms with Crippen molar-refractivity contribution in [2.24, 2.45) is 105 Å². The number of amides is 3. The van der Waals surface area contributed by atoms with Crippen LogP contribution >= 0.6 is 34.8 Å². The van der Waals surface area contributed by atoms with Gasteiger partial charge < -0.3 is 57.3 Å². The molecule has 0 spiro atoms. The fourth-order valence-corrected chi connectivity index (χ4v) is 23.9. The second-order valence-corrected chi connectivity index (χ2v) is 50.0. The first kappa shape index (κ1) is 115. The van der Waals surface area contributed by atoms with Crippen molar-refractivity contribution in [3.8, 4) is 17.6 Å². The molecule has 0 N–H and O–H groups in total. The number of unbranched alkanes of at least 4 members (excludes halogenated alkanes) is 1. The molecule has 27 nitrogen and oxygen atoms in total. The van der Waals surface area contributed by atoms with E-state index in [4.69, 9.17) is 97.4 Å². The molecule has 8 heterocycles. The summed E-state index contributed by atoms with van der Waals surface area (Å²) in [7, 11) is 0. The van der Waals surface area contributed by atoms with Crippen LogP contribution < -0.4 is 14.2 Å². The Morgan fingerprint density at radius 3 is 1.45 bits per heavy atom. The van der Waals surface area contributed by atoms with Gasteiger partial charge in [-0.2, -0.15) is 0 Å². The van der Waals surface area contributed by atoms with Gasteiger partial charge in [0.25, 0.3) is 0 Å². The minimum atomic E-state index is -0.941. The number of hydrogen-bond acceptors (Lipinski definition) is 24. The molecule has 11 aliphatic rings. The standard InChI is InChI=1S/C39H52ClN3O6.C37H50ClN3O6.C37H48ClN3O6.3CH4/c1-10-12-13-14-25-26-17-23(26)18-31(25)47-33(44)20-27(38(4,5)6)36(45)43-21-32(22(3)34(43)37(46)49-39(7,8)9)48-35-28(11-2)41-29-16-15-24(40)19-30(29)42-35;2*1-20-30-19-41(32(20)35(44)47-37(5,6)7)34(43)25(36(2,3)4)18-31(42)45-29-16-21-15-24(21)23(29)11-9-8-10-12-27-33(46-30)40-28-17-22(38)13-14-26(28)39-27;;;/h10-11,15-16,19,22-23,25-27,31-32,34H,1-2,12-14,17-18,20-21H2,3-9H3;13-14,17,20-21,23-25,29-30,32H,8-12,15-16,18-19H2,1-7H3;10,12-14,17,20-21,23-25,29-30,32H,8-9,11,15-16,18-19H2,1-7H3;3*1H4/b;;12-10+;;;/t22-,23+,25-,26+,27-,31-,32+,34+;2*20-,21+,23-,24+,25-,29-,30+,32+;;;/m111.../s1. The Hall–Kier alpha value is -9.60. The van der Waals surface area contributed by atoms with Crippen molar-refractivity contribution in [1.82, 2.24) is 44.6 Å². The summed E-state index contributed by atoms with van der Waals surface area (Å²) in [5.74, 6) is -1.12. The van der Waals surface area contributed by atoms with E-state index in [1.165, 1.54) is 24.2 Å². The normalized spacial score (nSPS) is 29.7. The van der Waals surface area contributed by atoms with Crippen LogP contribution in [0.5, 0.6) is 17.6 Å². The highest BCUT2D eigenvalue weighted by atomic mass is 35.5. The largest absolute Gasteiger partial charge is 0.471 e. The van der Waals surface area contributed by atoms with E-state index in [0.29, 0.717) is 125 Å². The number of allylic oxidation sites excluding steroid dienone is 2. The van der Waals surface area contributed by atoms with Crippen molar-refractivity contribution < 1.29 is 85.8 Å². The van der Waals surface area contributed by atoms with Crippen molar-refractivity contribution in [2.45, 2.75) is 368 Å². The maximum absolute atomic E-state index is 14.6. The average Bonchev–Trinajstić information content (AvgIpc) is 1.61. The minimum Gasteiger partial charge on any atom is -0.471 e. The molecule has 3 aromatic heterocycles. The van der Waals surface area contributed by atoms with Crippen molar-refractivity contribution in [2.75, 3.05) is 19.6 Å². The summed E-state index contributed by atoms with van der Waals surface area (Å²) in [5.41, 5.74) is 1.56. The summed E-state index contributed by atoms with van der Waals surface area (Å²) in [4.78, 5) is 159. The summed E-state index contributed by atoms with van der Waals surface area (Å²) < 4.78 is 55.8. The van der Waals surface area contributed by atoms with Gasteiger partial charge in [0.1, 0.15) is 88.6 Å². The molecule has 3 saturated heterocycles. The van der Waals surface area contributed by atoms with E-state index in [0.717, 1.165) is 94.7 Å². The number of aromatic nitrogens is 6. The number of halogens is 3. The Morgan fingerprint density at radius 1 is 0.493 bits per heavy atom. The smallest absolute Gasteiger partial charge is 0.329 e. The molecule has 24 atom stereocenters. The van der Waals surface area contributed by atoms with Crippen LogP contribution in [-0.4, -0.2) is 189 Å². The van der Waals surface area contributed by atoms with Gasteiger partial charge in [-0.3, -0.25) is 28.8 Å². The van der Waals surface area contributed by atoms with Gasteiger partial charge in [-0.25, -0.2) is 44.3 Å². The number of ether oxygens (including phenoxy) is 9. The second kappa shape index (κ2) is 46.1. The highest BCUT2D eigenvalue weighted by molar-refractivity contribution is 6.32. The molecule has 800 valence electrons. The molecule has 0 radical (unpaired) electrons. The molecule has 6 saturated carbocycles. The highest BCUT2D eigenvalue weighted by Gasteiger charge is 2.60. The number of fused-ring (bicyclic) bond motifs is 16. The Bertz CT molecular complexity index is 5810. The predicted molar refractivity (Wildman–Crippen MR) is 569 cm³/mol. The summed E-state index contributed by atoms with van der Waals surface area (Å²) in [6, 6.07) is 13.3. The lowest BCUT2D eigenvalue weighted by Crippen LogP contribution is -2.50. The van der Waals surface area contributed by atoms with Crippen LogP contribution in [0.4, 0.5) is 0 Å². The first-order valence-electron chi connectivity index (χ1n) is 52.2. The topological polar surface area (TPSA) is 324 Å². The SMILES string of the molecule is C.C.C.C=CCCC[C@@H]1[C@H]2C[C@H]2C[C@H]1OC(=O)C[C@H](C(=O)N1C[C@H](Oc2nc3cc(Cl)ccc3nc2C=C)[C@@H](C)[C@H]1C(=O)OC(C)(C)C)C(C)(C)C.C[C@@H]1[C@@H]2CN(C(=O)[C@H](C(C)(C)C)CC(=O)O[C@@H]3C[C@@H]4C[C@@H]4[C@H]3CCC/C=C/c3nc4ccc(Cl)cc4nc3O2)[C@@H]1C(=O)OC(C)(C)C.C[C@@H]1[C@@H]2CN(C(=O)[C@H](C(C)(C)C)CC(=O)O[C@@H]3C[C@@H]4C[C@@H]4[C@H]3CCCCCc3nc4ccc(Cl)cc4nc3O2)[C@@H]1C(=O)OC(C)(C)C. The fraction of sp³-hybridized carbons (Fsp3) is 0.664. The summed E-state index contributed by atoms with van der Waals surface area (Å²) in [5, 5.41) is 1.60. The fourth-order valence-electron chi connectivity index (χ4n) is 23.4. The monoisotopic (exact) mass is 2070 g/mol. The molecule has 9 fully saturated rings. The van der Waals surface area contributed by atoms with Crippen molar-refractivity contribution >= 4 is 134 Å². The van der Waals surface area contributed by atoms with E-state index in [-0.39, 0.29) is 121 Å². The van der Waals surface area contributed by atoms with Crippen molar-refractivity contribution in [3.63, 3.8) is 0 Å². The lowest BCUT2D eigenvalue weighted by atomic mass is 9.77. The third-order valence-corrected chi connectivity index (χ3v) is 32.0. The van der Waals surface area contributed by atoms with Crippen LogP contribution in [-0.2, 0) is 78.0 Å². The Balaban J connectivity index is 0.000000193. The number of hydrogen-bond donors (Lipinski definition) is 0. The van der Waals surface area contributed by atoms with E-state index < -0.39 is 123 Å². The van der Waals surface area contributed by atoms with Gasteiger partial charge in [0, 0.05) is 32.8 Å². The minimum absolute atomic E-state index is 0. The van der Waals surface area contributed by atoms with E-state index in [9.17, 15) is 43.2 Å². The van der Waals surface area contributed by atoms with Gasteiger partial charge in [-0.1, -0.05) is 172 Å². The molecule has 3 amide bonds. The van der Waals surface area contributed by atoms with Gasteiger partial charge >= 0.3 is 35.8 Å². The Morgan fingerprint density at radius 2 is 0.959 bits per heavy atom. The first-order chi connectivity index (χ1) is 67.2. The van der Waals surface area contributed by atoms with Crippen LogP contribution in [0.3, 0.4) is 0 Å². The van der Waals surface area contributed by atoms with Crippen LogP contribution in [0.2, 0.25) is 15.1 Å². The van der Waals surface area contributed by atoms with Crippen molar-refractivity contribution in [3.05, 3.63) is 112 Å². The highest BCUT2D eigenvalue weighted by Crippen LogP contribution is 2.61. The predicted octanol–water partition coefficient (Wildman–Crippen LogP) is 23.7. The van der Waals surface area contributed by atoms with Crippen LogP contribution in [0.25, 0.3) is 45.3 Å². The molecule has 3 aromatic carbocycles. The zero-order valence-corrected chi connectivity index (χ0v) is 89.8. The molecule has 5 aliphatic heterocycles. The quantitative estimate of drug-likeness (QED) is 0.0423. The first-order valence-corrected chi connectivity index (χ1v) is 53.3. The molecule has 146 heavy (non-hydrogen) atoms. The summed E-state index contributed by atoms with van der Waals surface area (Å²) in [6.45, 7) is 47.5. The van der Waals surface area contributed by atoms with Gasteiger partial charge in [0.2, 0.25) is 35.4 Å². The van der Waals surface area contributed by atoms with Crippen LogP contribution in [0.1, 0.15) is 307 Å². The maximum Gasteiger partial charge on any atom is 0.329 e. The van der Waals surface area contributed by atoms with E-state index in [1.54, 1.807) is 93.8 Å². The van der Waals surface area contributed by atoms with Crippen LogP contribution in [0.15, 0.2) is 79.9 Å². The Kier molecular flexibility index (Phi) is 36.3. The zero-order valence-electron chi connectivity index (χ0n) is 87.5. The number of benzene rings is 3. The number of rotatable bonds is 14. The number of esters is 6. The third kappa shape index (κ3) is 27.4. The van der Waals surface area contributed by atoms with Gasteiger partial charge in [-0.05, 0) is 295 Å². The number of aryl methyl sites for hydroxylation is 1. The summed E-state index contributed by atoms with van der Waals surface area (Å²) in [6.07, 6.45) is 22.0. The number of carbonyl (C=O) groups excluding carboxylic acids is 9. The van der Waals surface area contributed by atoms with Gasteiger partial charge in [0.15, 0.2) is 0 Å². The van der Waals surface area contributed by atoms with E-state index in [1.807, 2.05) is 134 Å². The molecular formula is C116H162Cl3N9O18. The molecule has 6 aliphatic carbocycles. The molecular weight excluding hydrogens is 1910 g/mol.